The van der Waals surface area contributed by atoms with Crippen molar-refractivity contribution in [3.05, 3.63) is 82.6 Å². The molecule has 0 aliphatic carbocycles. The zero-order valence-electron chi connectivity index (χ0n) is 17.9. The van der Waals surface area contributed by atoms with Crippen molar-refractivity contribution >= 4 is 23.0 Å². The summed E-state index contributed by atoms with van der Waals surface area (Å²) < 4.78 is 31.0. The number of methoxy groups -OCH3 is 1. The Morgan fingerprint density at radius 3 is 2.50 bits per heavy atom. The maximum atomic E-state index is 14.2. The third-order valence-electron chi connectivity index (χ3n) is 5.43. The highest BCUT2D eigenvalue weighted by Gasteiger charge is 2.14. The van der Waals surface area contributed by atoms with Crippen LogP contribution in [0.1, 0.15) is 11.1 Å². The molecule has 1 aliphatic heterocycles. The summed E-state index contributed by atoms with van der Waals surface area (Å²) in [6.45, 7) is 3.86. The van der Waals surface area contributed by atoms with E-state index in [0.717, 1.165) is 37.6 Å². The van der Waals surface area contributed by atoms with Gasteiger partial charge in [-0.2, -0.15) is 0 Å². The van der Waals surface area contributed by atoms with Gasteiger partial charge in [0, 0.05) is 42.1 Å². The van der Waals surface area contributed by atoms with E-state index >= 15 is 0 Å². The number of hydrogen-bond acceptors (Lipinski definition) is 5. The Bertz CT molecular complexity index is 1020. The topological polar surface area (TPSA) is 43.0 Å². The van der Waals surface area contributed by atoms with Gasteiger partial charge in [0.05, 0.1) is 25.3 Å². The molecule has 1 fully saturated rings. The summed E-state index contributed by atoms with van der Waals surface area (Å²) in [6, 6.07) is 18.6. The van der Waals surface area contributed by atoms with Crippen molar-refractivity contribution < 1.29 is 18.6 Å². The van der Waals surface area contributed by atoms with Crippen molar-refractivity contribution in [1.29, 1.82) is 0 Å². The summed E-state index contributed by atoms with van der Waals surface area (Å²) in [5, 5.41) is 3.76. The van der Waals surface area contributed by atoms with Crippen LogP contribution in [-0.4, -0.2) is 33.4 Å². The van der Waals surface area contributed by atoms with Crippen molar-refractivity contribution in [2.75, 3.05) is 43.6 Å². The molecule has 0 spiro atoms. The minimum absolute atomic E-state index is 0.00707. The van der Waals surface area contributed by atoms with Gasteiger partial charge in [0.25, 0.3) is 0 Å². The van der Waals surface area contributed by atoms with Crippen LogP contribution in [0.2, 0.25) is 5.02 Å². The van der Waals surface area contributed by atoms with E-state index < -0.39 is 5.82 Å². The zero-order valence-corrected chi connectivity index (χ0v) is 18.7. The Labute approximate surface area is 192 Å². The van der Waals surface area contributed by atoms with Crippen molar-refractivity contribution in [2.24, 2.45) is 0 Å². The van der Waals surface area contributed by atoms with Crippen molar-refractivity contribution in [1.82, 2.24) is 0 Å². The molecule has 7 heteroatoms. The first-order valence-corrected chi connectivity index (χ1v) is 10.9. The number of ether oxygens (including phenoxy) is 3. The van der Waals surface area contributed by atoms with E-state index in [1.54, 1.807) is 19.2 Å². The fourth-order valence-electron chi connectivity index (χ4n) is 3.65. The number of anilines is 2. The van der Waals surface area contributed by atoms with Crippen LogP contribution in [0.3, 0.4) is 0 Å². The number of benzene rings is 3. The van der Waals surface area contributed by atoms with Crippen LogP contribution in [0.25, 0.3) is 0 Å². The molecule has 3 aromatic carbocycles. The second-order valence-corrected chi connectivity index (χ2v) is 7.84. The van der Waals surface area contributed by atoms with Gasteiger partial charge < -0.3 is 24.4 Å². The first-order chi connectivity index (χ1) is 15.7. The van der Waals surface area contributed by atoms with Gasteiger partial charge in [0.2, 0.25) is 0 Å². The monoisotopic (exact) mass is 456 g/mol. The summed E-state index contributed by atoms with van der Waals surface area (Å²) >= 11 is 6.15. The lowest BCUT2D eigenvalue weighted by Gasteiger charge is -2.29. The van der Waals surface area contributed by atoms with Crippen molar-refractivity contribution in [2.45, 2.75) is 13.2 Å². The lowest BCUT2D eigenvalue weighted by molar-refractivity contribution is 0.122. The quantitative estimate of drug-likeness (QED) is 0.483. The molecule has 1 aliphatic rings. The minimum Gasteiger partial charge on any atom is -0.493 e. The van der Waals surface area contributed by atoms with E-state index in [1.807, 2.05) is 18.2 Å². The summed E-state index contributed by atoms with van der Waals surface area (Å²) in [6.07, 6.45) is 0. The predicted octanol–water partition coefficient (Wildman–Crippen LogP) is 5.52. The number of para-hydroxylation sites is 1. The van der Waals surface area contributed by atoms with Gasteiger partial charge in [0.1, 0.15) is 12.4 Å². The molecule has 1 heterocycles. The lowest BCUT2D eigenvalue weighted by Crippen LogP contribution is -2.36. The normalized spacial score (nSPS) is 13.7. The molecule has 0 radical (unpaired) electrons. The average molecular weight is 457 g/mol. The van der Waals surface area contributed by atoms with Crippen LogP contribution >= 0.6 is 11.6 Å². The smallest absolute Gasteiger partial charge is 0.166 e. The fraction of sp³-hybridized carbons (Fsp3) is 0.280. The Morgan fingerprint density at radius 2 is 1.78 bits per heavy atom. The maximum absolute atomic E-state index is 14.2. The van der Waals surface area contributed by atoms with E-state index in [4.69, 9.17) is 25.8 Å². The van der Waals surface area contributed by atoms with Crippen LogP contribution in [-0.2, 0) is 17.9 Å². The molecule has 4 rings (SSSR count). The van der Waals surface area contributed by atoms with Gasteiger partial charge >= 0.3 is 0 Å². The van der Waals surface area contributed by atoms with Gasteiger partial charge in [-0.3, -0.25) is 0 Å². The van der Waals surface area contributed by atoms with Gasteiger partial charge in [-0.05, 0) is 42.5 Å². The summed E-state index contributed by atoms with van der Waals surface area (Å²) in [7, 11) is 1.58. The highest BCUT2D eigenvalue weighted by Crippen LogP contribution is 2.33. The molecule has 0 bridgehead atoms. The Balaban J connectivity index is 1.45. The second kappa shape index (κ2) is 10.6. The highest BCUT2D eigenvalue weighted by atomic mass is 35.5. The minimum atomic E-state index is -0.396. The van der Waals surface area contributed by atoms with Crippen LogP contribution < -0.4 is 19.7 Å². The number of morpholine rings is 1. The van der Waals surface area contributed by atoms with Crippen LogP contribution in [0.4, 0.5) is 15.8 Å². The molecule has 1 saturated heterocycles. The lowest BCUT2D eigenvalue weighted by atomic mass is 10.1. The highest BCUT2D eigenvalue weighted by molar-refractivity contribution is 6.31. The summed E-state index contributed by atoms with van der Waals surface area (Å²) in [5.41, 5.74) is 3.39. The first-order valence-electron chi connectivity index (χ1n) is 10.5. The summed E-state index contributed by atoms with van der Waals surface area (Å²) in [4.78, 5) is 2.31. The Kier molecular flexibility index (Phi) is 7.35. The van der Waals surface area contributed by atoms with Crippen LogP contribution in [0.5, 0.6) is 11.5 Å². The summed E-state index contributed by atoms with van der Waals surface area (Å²) in [5.74, 6) is 0.749. The third kappa shape index (κ3) is 5.26. The van der Waals surface area contributed by atoms with E-state index in [0.29, 0.717) is 28.6 Å². The molecule has 3 aromatic rings. The molecule has 1 N–H and O–H groups in total. The SMILES string of the molecule is COc1cccc(CNc2ccc(N3CCOCC3)cc2)c1OCc1c(F)cccc1Cl. The van der Waals surface area contributed by atoms with Gasteiger partial charge in [0.15, 0.2) is 11.5 Å². The number of rotatable bonds is 8. The predicted molar refractivity (Wildman–Crippen MR) is 126 cm³/mol. The molecule has 0 unspecified atom stereocenters. The van der Waals surface area contributed by atoms with E-state index in [2.05, 4.69) is 34.5 Å². The molecule has 0 saturated carbocycles. The van der Waals surface area contributed by atoms with Crippen molar-refractivity contribution in [3.63, 3.8) is 0 Å². The fourth-order valence-corrected chi connectivity index (χ4v) is 3.87. The number of halogens is 2. The average Bonchev–Trinajstić information content (AvgIpc) is 2.83. The number of nitrogens with zero attached hydrogens (tertiary/aromatic N) is 1. The molecule has 168 valence electrons. The van der Waals surface area contributed by atoms with Gasteiger partial charge in [-0.25, -0.2) is 4.39 Å². The van der Waals surface area contributed by atoms with Crippen LogP contribution in [0, 0.1) is 5.82 Å². The number of nitrogens with one attached hydrogen (secondary N) is 1. The van der Waals surface area contributed by atoms with E-state index in [9.17, 15) is 4.39 Å². The van der Waals surface area contributed by atoms with Gasteiger partial charge in [-0.1, -0.05) is 29.8 Å². The zero-order chi connectivity index (χ0) is 22.3. The van der Waals surface area contributed by atoms with E-state index in [-0.39, 0.29) is 6.61 Å². The Hall–Kier alpha value is -2.96. The van der Waals surface area contributed by atoms with Gasteiger partial charge in [-0.15, -0.1) is 0 Å². The molecule has 0 aromatic heterocycles. The molecule has 0 atom stereocenters. The largest absolute Gasteiger partial charge is 0.493 e. The molecular weight excluding hydrogens is 431 g/mol. The van der Waals surface area contributed by atoms with Crippen LogP contribution in [0.15, 0.2) is 60.7 Å². The standard InChI is InChI=1S/C25H26ClFN2O3/c1-30-24-7-2-4-18(25(24)32-17-21-22(26)5-3-6-23(21)27)16-28-19-8-10-20(11-9-19)29-12-14-31-15-13-29/h2-11,28H,12-17H2,1H3. The molecular formula is C25H26ClFN2O3. The molecule has 0 amide bonds. The van der Waals surface area contributed by atoms with Crippen molar-refractivity contribution in [3.8, 4) is 11.5 Å². The molecule has 32 heavy (non-hydrogen) atoms. The molecule has 5 nitrogen and oxygen atoms in total. The maximum Gasteiger partial charge on any atom is 0.166 e. The Morgan fingerprint density at radius 1 is 1.03 bits per heavy atom. The third-order valence-corrected chi connectivity index (χ3v) is 5.78. The second-order valence-electron chi connectivity index (χ2n) is 7.44. The first kappa shape index (κ1) is 22.2. The van der Waals surface area contributed by atoms with E-state index in [1.165, 1.54) is 11.8 Å². The number of hydrogen-bond donors (Lipinski definition) is 1.